The summed E-state index contributed by atoms with van der Waals surface area (Å²) in [6.45, 7) is 1.06. The number of nitrogens with one attached hydrogen (secondary N) is 1. The monoisotopic (exact) mass is 322 g/mol. The van der Waals surface area contributed by atoms with Crippen molar-refractivity contribution in [1.82, 2.24) is 10.2 Å². The van der Waals surface area contributed by atoms with E-state index in [1.807, 2.05) is 0 Å². The first kappa shape index (κ1) is 16.7. The molecule has 2 N–H and O–H groups in total. The summed E-state index contributed by atoms with van der Waals surface area (Å²) in [5.41, 5.74) is 0. The Kier molecular flexibility index (Phi) is 5.57. The van der Waals surface area contributed by atoms with Crippen molar-refractivity contribution in [2.45, 2.75) is 76.3 Å². The number of nitrogens with zero attached hydrogens (tertiary/aromatic N) is 1. The quantitative estimate of drug-likeness (QED) is 0.706. The average molecular weight is 322 g/mol. The molecule has 130 valence electrons. The number of hydrogen-bond acceptors (Lipinski definition) is 3. The summed E-state index contributed by atoms with van der Waals surface area (Å²) in [5, 5.41) is 12.3. The third kappa shape index (κ3) is 4.93. The van der Waals surface area contributed by atoms with Gasteiger partial charge >= 0.3 is 5.97 Å². The van der Waals surface area contributed by atoms with Crippen LogP contribution in [0.5, 0.6) is 0 Å². The Bertz CT molecular complexity index is 422. The highest BCUT2D eigenvalue weighted by Crippen LogP contribution is 2.34. The smallest absolute Gasteiger partial charge is 0.317 e. The molecule has 5 heteroatoms. The molecule has 0 aromatic rings. The SMILES string of the molecule is O=C(O)CN(CC1CC1)C1CC(NC(=O)C2CCCCCC2)C1. The molecule has 3 fully saturated rings. The molecule has 0 aliphatic heterocycles. The van der Waals surface area contributed by atoms with Crippen LogP contribution in [-0.4, -0.2) is 47.1 Å². The van der Waals surface area contributed by atoms with E-state index in [2.05, 4.69) is 10.2 Å². The van der Waals surface area contributed by atoms with Crippen molar-refractivity contribution in [1.29, 1.82) is 0 Å². The van der Waals surface area contributed by atoms with Crippen molar-refractivity contribution in [2.24, 2.45) is 11.8 Å². The Morgan fingerprint density at radius 3 is 2.22 bits per heavy atom. The summed E-state index contributed by atoms with van der Waals surface area (Å²) >= 11 is 0. The number of carbonyl (C=O) groups excluding carboxylic acids is 1. The fraction of sp³-hybridized carbons (Fsp3) is 0.889. The molecule has 0 unspecified atom stereocenters. The van der Waals surface area contributed by atoms with Crippen LogP contribution < -0.4 is 5.32 Å². The maximum Gasteiger partial charge on any atom is 0.317 e. The number of carbonyl (C=O) groups is 2. The standard InChI is InChI=1S/C18H30N2O3/c21-17(22)12-20(11-13-7-8-13)16-9-15(10-16)19-18(23)14-5-3-1-2-4-6-14/h13-16H,1-12H2,(H,19,23)(H,21,22). The van der Waals surface area contributed by atoms with Gasteiger partial charge in [-0.2, -0.15) is 0 Å². The van der Waals surface area contributed by atoms with Crippen molar-refractivity contribution in [3.05, 3.63) is 0 Å². The van der Waals surface area contributed by atoms with Crippen LogP contribution in [0, 0.1) is 11.8 Å². The van der Waals surface area contributed by atoms with Gasteiger partial charge in [0.05, 0.1) is 6.54 Å². The van der Waals surface area contributed by atoms with Crippen LogP contribution in [0.25, 0.3) is 0 Å². The van der Waals surface area contributed by atoms with E-state index in [0.29, 0.717) is 12.0 Å². The molecule has 3 aliphatic rings. The Hall–Kier alpha value is -1.10. The van der Waals surface area contributed by atoms with E-state index < -0.39 is 5.97 Å². The maximum absolute atomic E-state index is 12.4. The molecule has 0 bridgehead atoms. The highest BCUT2D eigenvalue weighted by Gasteiger charge is 2.38. The van der Waals surface area contributed by atoms with Gasteiger partial charge in [0, 0.05) is 24.5 Å². The highest BCUT2D eigenvalue weighted by molar-refractivity contribution is 5.79. The topological polar surface area (TPSA) is 69.6 Å². The third-order valence-electron chi connectivity index (χ3n) is 5.73. The van der Waals surface area contributed by atoms with E-state index >= 15 is 0 Å². The second-order valence-electron chi connectivity index (χ2n) is 7.79. The van der Waals surface area contributed by atoms with Gasteiger partial charge in [0.1, 0.15) is 0 Å². The van der Waals surface area contributed by atoms with Crippen LogP contribution >= 0.6 is 0 Å². The molecule has 0 aromatic heterocycles. The molecule has 0 atom stereocenters. The van der Waals surface area contributed by atoms with Crippen molar-refractivity contribution in [2.75, 3.05) is 13.1 Å². The highest BCUT2D eigenvalue weighted by atomic mass is 16.4. The van der Waals surface area contributed by atoms with E-state index in [0.717, 1.165) is 32.2 Å². The molecule has 0 heterocycles. The maximum atomic E-state index is 12.4. The molecule has 5 nitrogen and oxygen atoms in total. The minimum absolute atomic E-state index is 0.143. The summed E-state index contributed by atoms with van der Waals surface area (Å²) < 4.78 is 0. The van der Waals surface area contributed by atoms with Gasteiger partial charge in [-0.05, 0) is 44.4 Å². The average Bonchev–Trinajstić information content (AvgIpc) is 3.27. The van der Waals surface area contributed by atoms with Gasteiger partial charge in [-0.25, -0.2) is 0 Å². The largest absolute Gasteiger partial charge is 0.480 e. The first-order chi connectivity index (χ1) is 11.1. The molecule has 0 saturated heterocycles. The van der Waals surface area contributed by atoms with Crippen LogP contribution in [0.3, 0.4) is 0 Å². The predicted octanol–water partition coefficient (Wildman–Crippen LogP) is 2.40. The fourth-order valence-electron chi connectivity index (χ4n) is 4.01. The summed E-state index contributed by atoms with van der Waals surface area (Å²) in [4.78, 5) is 25.5. The van der Waals surface area contributed by atoms with E-state index in [1.165, 1.54) is 38.5 Å². The number of hydrogen-bond donors (Lipinski definition) is 2. The Labute approximate surface area is 138 Å². The third-order valence-corrected chi connectivity index (χ3v) is 5.73. The summed E-state index contributed by atoms with van der Waals surface area (Å²) in [5.74, 6) is 0.408. The molecule has 3 saturated carbocycles. The second-order valence-corrected chi connectivity index (χ2v) is 7.79. The Balaban J connectivity index is 1.41. The molecule has 3 rings (SSSR count). The minimum atomic E-state index is -0.739. The van der Waals surface area contributed by atoms with Crippen LogP contribution in [0.2, 0.25) is 0 Å². The number of amides is 1. The van der Waals surface area contributed by atoms with Crippen LogP contribution in [0.1, 0.15) is 64.2 Å². The van der Waals surface area contributed by atoms with Gasteiger partial charge in [0.25, 0.3) is 0 Å². The molecule has 3 aliphatic carbocycles. The number of carboxylic acid groups (broad SMARTS) is 1. The van der Waals surface area contributed by atoms with Gasteiger partial charge in [0.15, 0.2) is 0 Å². The Morgan fingerprint density at radius 1 is 1.00 bits per heavy atom. The fourth-order valence-corrected chi connectivity index (χ4v) is 4.01. The lowest BCUT2D eigenvalue weighted by Crippen LogP contribution is -2.56. The Morgan fingerprint density at radius 2 is 1.65 bits per heavy atom. The van der Waals surface area contributed by atoms with Crippen LogP contribution in [0.15, 0.2) is 0 Å². The van der Waals surface area contributed by atoms with Gasteiger partial charge in [-0.15, -0.1) is 0 Å². The summed E-state index contributed by atoms with van der Waals surface area (Å²) in [6, 6.07) is 0.595. The van der Waals surface area contributed by atoms with E-state index in [4.69, 9.17) is 5.11 Å². The predicted molar refractivity (Wildman–Crippen MR) is 88.1 cm³/mol. The molecule has 23 heavy (non-hydrogen) atoms. The normalized spacial score (nSPS) is 28.9. The van der Waals surface area contributed by atoms with Gasteiger partial charge in [-0.1, -0.05) is 25.7 Å². The van der Waals surface area contributed by atoms with Crippen molar-refractivity contribution >= 4 is 11.9 Å². The van der Waals surface area contributed by atoms with Gasteiger partial charge in [-0.3, -0.25) is 14.5 Å². The van der Waals surface area contributed by atoms with Gasteiger partial charge < -0.3 is 10.4 Å². The summed E-state index contributed by atoms with van der Waals surface area (Å²) in [7, 11) is 0. The van der Waals surface area contributed by atoms with Crippen molar-refractivity contribution < 1.29 is 14.7 Å². The zero-order chi connectivity index (χ0) is 16.2. The molecule has 0 aromatic carbocycles. The molecular weight excluding hydrogens is 292 g/mol. The van der Waals surface area contributed by atoms with E-state index in [1.54, 1.807) is 0 Å². The lowest BCUT2D eigenvalue weighted by Gasteiger charge is -2.43. The number of aliphatic carboxylic acids is 1. The first-order valence-corrected chi connectivity index (χ1v) is 9.38. The van der Waals surface area contributed by atoms with E-state index in [9.17, 15) is 9.59 Å². The lowest BCUT2D eigenvalue weighted by molar-refractivity contribution is -0.140. The zero-order valence-corrected chi connectivity index (χ0v) is 14.0. The summed E-state index contributed by atoms with van der Waals surface area (Å²) in [6.07, 6.45) is 11.3. The molecule has 1 amide bonds. The minimum Gasteiger partial charge on any atom is -0.480 e. The van der Waals surface area contributed by atoms with Crippen LogP contribution in [-0.2, 0) is 9.59 Å². The van der Waals surface area contributed by atoms with Gasteiger partial charge in [0.2, 0.25) is 5.91 Å². The second kappa shape index (κ2) is 7.65. The van der Waals surface area contributed by atoms with Crippen LogP contribution in [0.4, 0.5) is 0 Å². The number of rotatable bonds is 7. The first-order valence-electron chi connectivity index (χ1n) is 9.38. The lowest BCUT2D eigenvalue weighted by atomic mass is 9.84. The van der Waals surface area contributed by atoms with E-state index in [-0.39, 0.29) is 24.4 Å². The molecular formula is C18H30N2O3. The molecule has 0 spiro atoms. The molecule has 0 radical (unpaired) electrons. The van der Waals surface area contributed by atoms with Crippen molar-refractivity contribution in [3.63, 3.8) is 0 Å². The number of carboxylic acids is 1. The van der Waals surface area contributed by atoms with Crippen molar-refractivity contribution in [3.8, 4) is 0 Å². The zero-order valence-electron chi connectivity index (χ0n) is 14.0.